The Balaban J connectivity index is 1.28. The first-order valence-electron chi connectivity index (χ1n) is 23.4. The molecule has 2 bridgehead atoms. The second-order valence-electron chi connectivity index (χ2n) is 20.3. The summed E-state index contributed by atoms with van der Waals surface area (Å²) in [5.41, 5.74) is 5.38. The van der Waals surface area contributed by atoms with Gasteiger partial charge in [0, 0.05) is 18.4 Å². The van der Waals surface area contributed by atoms with Crippen LogP contribution in [0.4, 0.5) is 13.2 Å². The van der Waals surface area contributed by atoms with Gasteiger partial charge in [-0.15, -0.1) is 0 Å². The van der Waals surface area contributed by atoms with Crippen molar-refractivity contribution in [1.29, 1.82) is 0 Å². The highest BCUT2D eigenvalue weighted by atomic mass is 19.4. The van der Waals surface area contributed by atoms with Crippen molar-refractivity contribution in [2.24, 2.45) is 34.3 Å². The topological polar surface area (TPSA) is 256 Å². The second-order valence-corrected chi connectivity index (χ2v) is 20.3. The quantitative estimate of drug-likeness (QED) is 0.0651. The SMILES string of the molecule is CC(C)[C@H](NC(=O)[C@H](CCC(=O)O)NC(=O)[C@@H](N)CC(=O)O)C(=O)N[C@H](C(=O)N1CCC[C@H]1C(=O)N[C@@H](CCCCc1cccc(C(F)(F)F)c1)B1O[C@@H]2[C@@H](C[C@@H]3C[C@@]2(C)C3(C)C)O1)C(C)C. The van der Waals surface area contributed by atoms with Gasteiger partial charge in [0.05, 0.1) is 36.2 Å². The first-order chi connectivity index (χ1) is 31.2. The van der Waals surface area contributed by atoms with E-state index in [1.165, 1.54) is 11.0 Å². The summed E-state index contributed by atoms with van der Waals surface area (Å²) in [4.78, 5) is 92.8. The third-order valence-corrected chi connectivity index (χ3v) is 14.7. The molecule has 1 aromatic carbocycles. The summed E-state index contributed by atoms with van der Waals surface area (Å²) in [7, 11) is -0.797. The predicted octanol–water partition coefficient (Wildman–Crippen LogP) is 3.59. The number of rotatable bonds is 22. The largest absolute Gasteiger partial charge is 0.481 e. The average Bonchev–Trinajstić information content (AvgIpc) is 3.92. The normalized spacial score (nSPS) is 25.3. The van der Waals surface area contributed by atoms with E-state index in [4.69, 9.17) is 20.1 Å². The molecular weight excluding hydrogens is 880 g/mol. The first kappa shape index (κ1) is 53.2. The Hall–Kier alpha value is -4.76. The molecule has 0 aromatic heterocycles. The molecule has 5 aliphatic rings. The lowest BCUT2D eigenvalue weighted by Crippen LogP contribution is -2.66. The molecular formula is C46H68BF3N6O11. The number of hydrogen-bond acceptors (Lipinski definition) is 10. The van der Waals surface area contributed by atoms with E-state index in [0.717, 1.165) is 25.0 Å². The van der Waals surface area contributed by atoms with Gasteiger partial charge in [-0.1, -0.05) is 73.1 Å². The fraction of sp³-hybridized carbons (Fsp3) is 0.717. The summed E-state index contributed by atoms with van der Waals surface area (Å²) < 4.78 is 53.5. The van der Waals surface area contributed by atoms with E-state index in [1.54, 1.807) is 33.8 Å². The summed E-state index contributed by atoms with van der Waals surface area (Å²) in [5, 5.41) is 29.0. The molecule has 8 N–H and O–H groups in total. The number of hydrogen-bond donors (Lipinski definition) is 7. The lowest BCUT2D eigenvalue weighted by atomic mass is 9.39. The van der Waals surface area contributed by atoms with Crippen molar-refractivity contribution in [2.75, 3.05) is 6.54 Å². The van der Waals surface area contributed by atoms with Crippen LogP contribution in [0.2, 0.25) is 0 Å². The van der Waals surface area contributed by atoms with Crippen molar-refractivity contribution in [2.45, 2.75) is 174 Å². The van der Waals surface area contributed by atoms with Crippen molar-refractivity contribution < 1.29 is 66.3 Å². The minimum atomic E-state index is -4.46. The van der Waals surface area contributed by atoms with Gasteiger partial charge >= 0.3 is 25.2 Å². The number of nitrogens with zero attached hydrogens (tertiary/aromatic N) is 1. The number of carbonyl (C=O) groups is 7. The Morgan fingerprint density at radius 3 is 2.16 bits per heavy atom. The lowest BCUT2D eigenvalue weighted by Gasteiger charge is -2.67. The smallest absolute Gasteiger partial charge is 0.481 e. The van der Waals surface area contributed by atoms with Gasteiger partial charge in [0.15, 0.2) is 0 Å². The van der Waals surface area contributed by atoms with Crippen LogP contribution in [0.3, 0.4) is 0 Å². The fourth-order valence-electron chi connectivity index (χ4n) is 10.2. The Labute approximate surface area is 390 Å². The van der Waals surface area contributed by atoms with Gasteiger partial charge in [-0.3, -0.25) is 33.6 Å². The molecule has 0 spiro atoms. The molecule has 1 aromatic rings. The Morgan fingerprint density at radius 1 is 0.881 bits per heavy atom. The summed E-state index contributed by atoms with van der Waals surface area (Å²) in [6, 6.07) is -1.16. The van der Waals surface area contributed by atoms with E-state index in [-0.39, 0.29) is 29.6 Å². The number of nitrogens with one attached hydrogen (secondary N) is 4. The number of halogens is 3. The number of aliphatic carboxylic acids is 2. The van der Waals surface area contributed by atoms with Crippen LogP contribution in [0, 0.1) is 28.6 Å². The number of nitrogens with two attached hydrogens (primary N) is 1. The number of carbonyl (C=O) groups excluding carboxylic acids is 5. The molecule has 0 unspecified atom stereocenters. The third kappa shape index (κ3) is 12.5. The van der Waals surface area contributed by atoms with Gasteiger partial charge in [0.2, 0.25) is 29.5 Å². The molecule has 5 fully saturated rings. The minimum Gasteiger partial charge on any atom is -0.481 e. The molecule has 17 nitrogen and oxygen atoms in total. The monoisotopic (exact) mass is 948 g/mol. The van der Waals surface area contributed by atoms with E-state index < -0.39 is 128 Å². The number of unbranched alkanes of at least 4 members (excludes halogenated alkanes) is 1. The maximum Gasteiger partial charge on any atom is 0.481 e. The summed E-state index contributed by atoms with van der Waals surface area (Å²) in [6.07, 6.45) is -2.06. The molecule has 2 aliphatic heterocycles. The van der Waals surface area contributed by atoms with Crippen LogP contribution in [0.25, 0.3) is 0 Å². The number of carboxylic acids is 2. The molecule has 5 amide bonds. The number of amides is 5. The van der Waals surface area contributed by atoms with Crippen molar-refractivity contribution in [1.82, 2.24) is 26.2 Å². The van der Waals surface area contributed by atoms with Gasteiger partial charge in [0.1, 0.15) is 24.2 Å². The minimum absolute atomic E-state index is 0.0329. The molecule has 3 aliphatic carbocycles. The summed E-state index contributed by atoms with van der Waals surface area (Å²) >= 11 is 0. The van der Waals surface area contributed by atoms with Crippen molar-refractivity contribution in [3.63, 3.8) is 0 Å². The molecule has 2 saturated heterocycles. The fourth-order valence-corrected chi connectivity index (χ4v) is 10.2. The summed E-state index contributed by atoms with van der Waals surface area (Å²) in [6.45, 7) is 13.6. The van der Waals surface area contributed by atoms with Crippen molar-refractivity contribution >= 4 is 48.6 Å². The van der Waals surface area contributed by atoms with Gasteiger partial charge in [0.25, 0.3) is 0 Å². The molecule has 67 heavy (non-hydrogen) atoms. The van der Waals surface area contributed by atoms with Crippen LogP contribution < -0.4 is 27.0 Å². The van der Waals surface area contributed by atoms with Gasteiger partial charge in [-0.25, -0.2) is 0 Å². The molecule has 6 rings (SSSR count). The molecule has 2 heterocycles. The number of likely N-dealkylation sites (tertiary alicyclic amines) is 1. The van der Waals surface area contributed by atoms with Gasteiger partial charge in [-0.05, 0) is 86.2 Å². The van der Waals surface area contributed by atoms with Gasteiger partial charge < -0.3 is 51.4 Å². The third-order valence-electron chi connectivity index (χ3n) is 14.7. The predicted molar refractivity (Wildman–Crippen MR) is 238 cm³/mol. The molecule has 10 atom stereocenters. The molecule has 0 radical (unpaired) electrons. The molecule has 3 saturated carbocycles. The summed E-state index contributed by atoms with van der Waals surface area (Å²) in [5.74, 6) is -7.55. The highest BCUT2D eigenvalue weighted by Gasteiger charge is 2.69. The first-order valence-corrected chi connectivity index (χ1v) is 23.4. The van der Waals surface area contributed by atoms with Crippen molar-refractivity contribution in [3.05, 3.63) is 35.4 Å². The highest BCUT2D eigenvalue weighted by Crippen LogP contribution is 2.69. The van der Waals surface area contributed by atoms with E-state index in [0.29, 0.717) is 50.0 Å². The highest BCUT2D eigenvalue weighted by molar-refractivity contribution is 6.47. The van der Waals surface area contributed by atoms with Crippen LogP contribution >= 0.6 is 0 Å². The van der Waals surface area contributed by atoms with Crippen molar-refractivity contribution in [3.8, 4) is 0 Å². The van der Waals surface area contributed by atoms with Crippen LogP contribution in [0.5, 0.6) is 0 Å². The number of alkyl halides is 3. The Kier molecular flexibility index (Phi) is 17.2. The number of carboxylic acid groups (broad SMARTS) is 2. The average molecular weight is 949 g/mol. The zero-order chi connectivity index (χ0) is 49.8. The number of benzene rings is 1. The standard InChI is InChI=1S/C46H68BF3N6O11/c1-24(2)36(54-40(62)30(17-18-34(57)58)52-39(61)29(51)22-35(59)60)42(64)55-37(25(3)4)43(65)56-19-11-15-31(56)41(63)53-33(16-9-8-12-26-13-10-14-27(20-26)46(48,49)50)47-66-32-21-28-23-45(7,38(32)67-47)44(28,5)6/h10,13-14,20,24-25,28-33,36-38H,8-9,11-12,15-19,21-23,51H2,1-7H3,(H,52,61)(H,53,63)(H,54,62)(H,55,64)(H,57,58)(H,59,60)/t28-,29+,30+,31+,32-,33+,36+,37+,38-,45-/m1/s1. The van der Waals surface area contributed by atoms with E-state index in [1.807, 2.05) is 0 Å². The zero-order valence-corrected chi connectivity index (χ0v) is 39.5. The van der Waals surface area contributed by atoms with Crippen LogP contribution in [0.1, 0.15) is 124 Å². The van der Waals surface area contributed by atoms with Crippen LogP contribution in [-0.4, -0.2) is 119 Å². The molecule has 21 heteroatoms. The molecule has 372 valence electrons. The second kappa shape index (κ2) is 21.7. The van der Waals surface area contributed by atoms with Crippen LogP contribution in [0.15, 0.2) is 24.3 Å². The van der Waals surface area contributed by atoms with E-state index in [9.17, 15) is 51.8 Å². The zero-order valence-electron chi connectivity index (χ0n) is 39.5. The van der Waals surface area contributed by atoms with Gasteiger partial charge in [-0.2, -0.15) is 13.2 Å². The Bertz CT molecular complexity index is 2010. The van der Waals surface area contributed by atoms with E-state index in [2.05, 4.69) is 42.0 Å². The maximum absolute atomic E-state index is 14.4. The Morgan fingerprint density at radius 2 is 1.55 bits per heavy atom. The van der Waals surface area contributed by atoms with Crippen LogP contribution in [-0.2, 0) is 55.5 Å². The number of aryl methyl sites for hydroxylation is 1. The van der Waals surface area contributed by atoms with E-state index >= 15 is 0 Å². The maximum atomic E-state index is 14.4. The lowest BCUT2D eigenvalue weighted by molar-refractivity contribution is -0.220.